The number of piperazine rings is 1. The lowest BCUT2D eigenvalue weighted by Crippen LogP contribution is -2.45. The number of hydrogen-bond donors (Lipinski definition) is 1. The molecule has 7 heteroatoms. The lowest BCUT2D eigenvalue weighted by atomic mass is 10.0. The number of benzene rings is 1. The van der Waals surface area contributed by atoms with Crippen LogP contribution in [0.25, 0.3) is 0 Å². The van der Waals surface area contributed by atoms with Crippen molar-refractivity contribution in [2.45, 2.75) is 22.9 Å². The van der Waals surface area contributed by atoms with Gasteiger partial charge in [-0.2, -0.15) is 13.2 Å². The lowest BCUT2D eigenvalue weighted by molar-refractivity contribution is -0.0328. The summed E-state index contributed by atoms with van der Waals surface area (Å²) < 4.78 is 38.2. The second-order valence-corrected chi connectivity index (χ2v) is 6.02. The SMILES string of the molecule is C=CC[C@@H](c1ccccc1SC(F)(F)F)N1CCNCC1.Cl. The first-order chi connectivity index (χ1) is 10.0. The van der Waals surface area contributed by atoms with Gasteiger partial charge in [0.25, 0.3) is 0 Å². The second-order valence-electron chi connectivity index (χ2n) is 4.91. The molecule has 0 amide bonds. The molecule has 1 aromatic rings. The Kier molecular flexibility index (Phi) is 7.76. The molecule has 22 heavy (non-hydrogen) atoms. The van der Waals surface area contributed by atoms with Crippen LogP contribution < -0.4 is 5.32 Å². The van der Waals surface area contributed by atoms with E-state index < -0.39 is 5.51 Å². The highest BCUT2D eigenvalue weighted by atomic mass is 35.5. The van der Waals surface area contributed by atoms with Crippen molar-refractivity contribution in [3.05, 3.63) is 42.5 Å². The molecule has 1 heterocycles. The maximum absolute atomic E-state index is 12.7. The Bertz CT molecular complexity index is 476. The van der Waals surface area contributed by atoms with E-state index in [1.54, 1.807) is 30.3 Å². The van der Waals surface area contributed by atoms with E-state index in [0.717, 1.165) is 31.7 Å². The van der Waals surface area contributed by atoms with Crippen LogP contribution in [0.3, 0.4) is 0 Å². The minimum atomic E-state index is -4.27. The molecule has 1 aliphatic heterocycles. The van der Waals surface area contributed by atoms with Gasteiger partial charge in [-0.05, 0) is 29.8 Å². The van der Waals surface area contributed by atoms with E-state index in [1.165, 1.54) is 0 Å². The predicted octanol–water partition coefficient (Wildman–Crippen LogP) is 4.24. The van der Waals surface area contributed by atoms with E-state index in [-0.39, 0.29) is 35.1 Å². The van der Waals surface area contributed by atoms with Gasteiger partial charge in [-0.1, -0.05) is 24.3 Å². The predicted molar refractivity (Wildman–Crippen MR) is 87.6 cm³/mol. The highest BCUT2D eigenvalue weighted by Gasteiger charge is 2.32. The number of hydrogen-bond acceptors (Lipinski definition) is 3. The standard InChI is InChI=1S/C15H19F3N2S.ClH/c1-2-5-13(20-10-8-19-9-11-20)12-6-3-4-7-14(12)21-15(16,17)18;/h2-4,6-7,13,19H,1,5,8-11H2;1H/t13-;/m0./s1. The number of halogens is 4. The van der Waals surface area contributed by atoms with E-state index in [0.29, 0.717) is 6.42 Å². The fraction of sp³-hybridized carbons (Fsp3) is 0.467. The summed E-state index contributed by atoms with van der Waals surface area (Å²) in [7, 11) is 0. The third-order valence-electron chi connectivity index (χ3n) is 3.49. The van der Waals surface area contributed by atoms with Gasteiger partial charge in [0, 0.05) is 37.1 Å². The van der Waals surface area contributed by atoms with Crippen LogP contribution in [-0.2, 0) is 0 Å². The van der Waals surface area contributed by atoms with Crippen LogP contribution in [0.2, 0.25) is 0 Å². The van der Waals surface area contributed by atoms with Gasteiger partial charge >= 0.3 is 5.51 Å². The molecule has 1 aliphatic rings. The van der Waals surface area contributed by atoms with Gasteiger partial charge in [-0.15, -0.1) is 19.0 Å². The fourth-order valence-corrected chi connectivity index (χ4v) is 3.32. The monoisotopic (exact) mass is 352 g/mol. The van der Waals surface area contributed by atoms with Crippen LogP contribution in [0.1, 0.15) is 18.0 Å². The molecule has 0 unspecified atom stereocenters. The van der Waals surface area contributed by atoms with E-state index >= 15 is 0 Å². The molecule has 0 radical (unpaired) electrons. The zero-order valence-corrected chi connectivity index (χ0v) is 13.7. The number of nitrogens with zero attached hydrogens (tertiary/aromatic N) is 1. The lowest BCUT2D eigenvalue weighted by Gasteiger charge is -2.35. The first-order valence-electron chi connectivity index (χ1n) is 6.91. The summed E-state index contributed by atoms with van der Waals surface area (Å²) in [4.78, 5) is 2.52. The number of thioether (sulfide) groups is 1. The molecule has 0 aliphatic carbocycles. The third-order valence-corrected chi connectivity index (χ3v) is 4.31. The smallest absolute Gasteiger partial charge is 0.314 e. The highest BCUT2D eigenvalue weighted by Crippen LogP contribution is 2.41. The highest BCUT2D eigenvalue weighted by molar-refractivity contribution is 8.00. The van der Waals surface area contributed by atoms with Gasteiger partial charge in [-0.3, -0.25) is 4.90 Å². The summed E-state index contributed by atoms with van der Waals surface area (Å²) in [5.41, 5.74) is -3.53. The molecule has 124 valence electrons. The molecule has 1 saturated heterocycles. The van der Waals surface area contributed by atoms with Crippen LogP contribution in [-0.4, -0.2) is 36.6 Å². The van der Waals surface area contributed by atoms with Crippen LogP contribution >= 0.6 is 24.2 Å². The van der Waals surface area contributed by atoms with Crippen molar-refractivity contribution in [3.63, 3.8) is 0 Å². The molecule has 2 rings (SSSR count). The number of rotatable bonds is 5. The first kappa shape index (κ1) is 19.4. The number of alkyl halides is 3. The van der Waals surface area contributed by atoms with Crippen LogP contribution in [0.15, 0.2) is 41.8 Å². The summed E-state index contributed by atoms with van der Waals surface area (Å²) in [5, 5.41) is 3.26. The van der Waals surface area contributed by atoms with Crippen molar-refractivity contribution in [2.24, 2.45) is 0 Å². The molecular weight excluding hydrogens is 333 g/mol. The minimum absolute atomic E-state index is 0. The van der Waals surface area contributed by atoms with Gasteiger partial charge in [0.1, 0.15) is 0 Å². The van der Waals surface area contributed by atoms with E-state index in [9.17, 15) is 13.2 Å². The Morgan fingerprint density at radius 1 is 1.27 bits per heavy atom. The van der Waals surface area contributed by atoms with Crippen LogP contribution in [0.4, 0.5) is 13.2 Å². The Morgan fingerprint density at radius 2 is 1.91 bits per heavy atom. The molecule has 0 bridgehead atoms. The first-order valence-corrected chi connectivity index (χ1v) is 7.73. The van der Waals surface area contributed by atoms with Crippen molar-refractivity contribution >= 4 is 24.2 Å². The summed E-state index contributed by atoms with van der Waals surface area (Å²) in [6, 6.07) is 6.75. The van der Waals surface area contributed by atoms with Gasteiger partial charge < -0.3 is 5.32 Å². The Morgan fingerprint density at radius 3 is 2.50 bits per heavy atom. The number of nitrogens with one attached hydrogen (secondary N) is 1. The Hall–Kier alpha value is -0.690. The topological polar surface area (TPSA) is 15.3 Å². The van der Waals surface area contributed by atoms with Gasteiger partial charge in [0.2, 0.25) is 0 Å². The van der Waals surface area contributed by atoms with Crippen molar-refractivity contribution in [3.8, 4) is 0 Å². The largest absolute Gasteiger partial charge is 0.446 e. The summed E-state index contributed by atoms with van der Waals surface area (Å²) in [6.07, 6.45) is 2.43. The molecular formula is C15H20ClF3N2S. The van der Waals surface area contributed by atoms with Crippen LogP contribution in [0, 0.1) is 0 Å². The van der Waals surface area contributed by atoms with Gasteiger partial charge in [0.05, 0.1) is 0 Å². The van der Waals surface area contributed by atoms with Crippen molar-refractivity contribution in [1.82, 2.24) is 10.2 Å². The molecule has 0 saturated carbocycles. The second kappa shape index (κ2) is 8.82. The summed E-state index contributed by atoms with van der Waals surface area (Å²) >= 11 is -0.0310. The quantitative estimate of drug-likeness (QED) is 0.630. The van der Waals surface area contributed by atoms with E-state index in [4.69, 9.17) is 0 Å². The average molecular weight is 353 g/mol. The Labute approximate surface area is 139 Å². The zero-order valence-electron chi connectivity index (χ0n) is 12.1. The van der Waals surface area contributed by atoms with Crippen molar-refractivity contribution < 1.29 is 13.2 Å². The molecule has 0 spiro atoms. The molecule has 2 nitrogen and oxygen atoms in total. The van der Waals surface area contributed by atoms with E-state index in [1.807, 2.05) is 0 Å². The summed E-state index contributed by atoms with van der Waals surface area (Å²) in [6.45, 7) is 7.15. The summed E-state index contributed by atoms with van der Waals surface area (Å²) in [5.74, 6) is 0. The molecule has 1 N–H and O–H groups in total. The third kappa shape index (κ3) is 5.50. The van der Waals surface area contributed by atoms with Gasteiger partial charge in [-0.25, -0.2) is 0 Å². The Balaban J connectivity index is 0.00000242. The fourth-order valence-electron chi connectivity index (χ4n) is 2.60. The van der Waals surface area contributed by atoms with Crippen LogP contribution in [0.5, 0.6) is 0 Å². The molecule has 1 atom stereocenters. The van der Waals surface area contributed by atoms with Crippen molar-refractivity contribution in [2.75, 3.05) is 26.2 Å². The molecule has 1 aromatic carbocycles. The normalized spacial score (nSPS) is 17.6. The molecule has 1 fully saturated rings. The maximum Gasteiger partial charge on any atom is 0.446 e. The van der Waals surface area contributed by atoms with Gasteiger partial charge in [0.15, 0.2) is 0 Å². The zero-order chi connectivity index (χ0) is 15.3. The average Bonchev–Trinajstić information content (AvgIpc) is 2.45. The molecule has 0 aromatic heterocycles. The van der Waals surface area contributed by atoms with Crippen molar-refractivity contribution in [1.29, 1.82) is 0 Å². The minimum Gasteiger partial charge on any atom is -0.314 e. The maximum atomic E-state index is 12.7. The van der Waals surface area contributed by atoms with E-state index in [2.05, 4.69) is 16.8 Å².